The first kappa shape index (κ1) is 17.0. The summed E-state index contributed by atoms with van der Waals surface area (Å²) in [5, 5.41) is 0. The Morgan fingerprint density at radius 1 is 1.20 bits per heavy atom. The van der Waals surface area contributed by atoms with Crippen molar-refractivity contribution in [2.75, 3.05) is 24.6 Å². The van der Waals surface area contributed by atoms with Crippen LogP contribution < -0.4 is 0 Å². The smallest absolute Gasteiger partial charge is 0.226 e. The number of aryl methyl sites for hydroxylation is 1. The Morgan fingerprint density at radius 2 is 1.96 bits per heavy atom. The molecular formula is C18H25N3O3S. The minimum atomic E-state index is -3.10. The summed E-state index contributed by atoms with van der Waals surface area (Å²) in [6.45, 7) is 3.94. The molecule has 3 fully saturated rings. The minimum Gasteiger partial charge on any atom is -0.336 e. The van der Waals surface area contributed by atoms with E-state index in [2.05, 4.69) is 9.88 Å². The maximum Gasteiger partial charge on any atom is 0.226 e. The summed E-state index contributed by atoms with van der Waals surface area (Å²) in [6.07, 6.45) is 3.02. The Labute approximate surface area is 149 Å². The number of carbonyl (C=O) groups is 1. The second kappa shape index (κ2) is 6.36. The number of sulfone groups is 1. The molecule has 7 heteroatoms. The van der Waals surface area contributed by atoms with Crippen molar-refractivity contribution in [3.05, 3.63) is 29.6 Å². The van der Waals surface area contributed by atoms with Crippen molar-refractivity contribution in [1.82, 2.24) is 14.8 Å². The third kappa shape index (κ3) is 3.31. The van der Waals surface area contributed by atoms with E-state index in [0.29, 0.717) is 19.6 Å². The molecule has 25 heavy (non-hydrogen) atoms. The van der Waals surface area contributed by atoms with Gasteiger partial charge >= 0.3 is 0 Å². The molecule has 4 rings (SSSR count). The van der Waals surface area contributed by atoms with E-state index in [1.807, 2.05) is 30.0 Å². The lowest BCUT2D eigenvalue weighted by Crippen LogP contribution is -2.61. The number of hydrogen-bond donors (Lipinski definition) is 0. The van der Waals surface area contributed by atoms with Gasteiger partial charge in [0.15, 0.2) is 9.84 Å². The molecule has 0 spiro atoms. The highest BCUT2D eigenvalue weighted by molar-refractivity contribution is 7.91. The number of piperazine rings is 1. The van der Waals surface area contributed by atoms with Crippen molar-refractivity contribution in [3.8, 4) is 0 Å². The van der Waals surface area contributed by atoms with Crippen LogP contribution in [0, 0.1) is 12.8 Å². The Balaban J connectivity index is 1.55. The number of nitrogens with zero attached hydrogens (tertiary/aromatic N) is 3. The molecule has 1 aromatic rings. The molecule has 0 N–H and O–H groups in total. The largest absolute Gasteiger partial charge is 0.336 e. The summed E-state index contributed by atoms with van der Waals surface area (Å²) in [5.74, 6) is 0.548. The van der Waals surface area contributed by atoms with E-state index >= 15 is 0 Å². The highest BCUT2D eigenvalue weighted by Gasteiger charge is 2.49. The zero-order chi connectivity index (χ0) is 17.6. The molecular weight excluding hydrogens is 338 g/mol. The molecule has 1 aliphatic carbocycles. The molecule has 2 atom stereocenters. The fraction of sp³-hybridized carbons (Fsp3) is 0.667. The Morgan fingerprint density at radius 3 is 2.64 bits per heavy atom. The van der Waals surface area contributed by atoms with Crippen molar-refractivity contribution in [2.24, 2.45) is 5.92 Å². The lowest BCUT2D eigenvalue weighted by atomic mass is 9.83. The van der Waals surface area contributed by atoms with Crippen LogP contribution in [0.5, 0.6) is 0 Å². The molecule has 0 radical (unpaired) electrons. The Bertz CT molecular complexity index is 776. The number of hydrogen-bond acceptors (Lipinski definition) is 5. The third-order valence-electron chi connectivity index (χ3n) is 5.84. The second-order valence-corrected chi connectivity index (χ2v) is 9.77. The van der Waals surface area contributed by atoms with Crippen LogP contribution in [0.4, 0.5) is 0 Å². The van der Waals surface area contributed by atoms with Crippen molar-refractivity contribution >= 4 is 15.7 Å². The van der Waals surface area contributed by atoms with Crippen LogP contribution in [0.1, 0.15) is 30.7 Å². The van der Waals surface area contributed by atoms with Crippen LogP contribution in [-0.4, -0.2) is 65.8 Å². The van der Waals surface area contributed by atoms with Crippen molar-refractivity contribution < 1.29 is 13.2 Å². The number of rotatable bonds is 3. The van der Waals surface area contributed by atoms with Crippen molar-refractivity contribution in [1.29, 1.82) is 0 Å². The summed E-state index contributed by atoms with van der Waals surface area (Å²) in [6, 6.07) is 5.62. The average molecular weight is 363 g/mol. The van der Waals surface area contributed by atoms with Gasteiger partial charge in [-0.1, -0.05) is 12.5 Å². The SMILES string of the molecule is Cc1cccc(CN2CCN(C(=O)C3CCC3)[C@@H]3CS(=O)(=O)C[C@@H]32)n1. The van der Waals surface area contributed by atoms with Crippen LogP contribution in [0.15, 0.2) is 18.2 Å². The van der Waals surface area contributed by atoms with Gasteiger partial charge in [-0.2, -0.15) is 0 Å². The van der Waals surface area contributed by atoms with Gasteiger partial charge in [0.2, 0.25) is 5.91 Å². The first-order valence-corrected chi connectivity index (χ1v) is 10.9. The quantitative estimate of drug-likeness (QED) is 0.801. The minimum absolute atomic E-state index is 0.105. The molecule has 1 aromatic heterocycles. The third-order valence-corrected chi connectivity index (χ3v) is 7.54. The predicted octanol–water partition coefficient (Wildman–Crippen LogP) is 1.000. The first-order chi connectivity index (χ1) is 11.9. The highest BCUT2D eigenvalue weighted by atomic mass is 32.2. The number of fused-ring (bicyclic) bond motifs is 1. The summed E-state index contributed by atoms with van der Waals surface area (Å²) in [7, 11) is -3.10. The molecule has 136 valence electrons. The Hall–Kier alpha value is -1.47. The van der Waals surface area contributed by atoms with Crippen molar-refractivity contribution in [2.45, 2.75) is 44.8 Å². The van der Waals surface area contributed by atoms with E-state index in [9.17, 15) is 13.2 Å². The molecule has 2 aliphatic heterocycles. The molecule has 0 aromatic carbocycles. The number of pyridine rings is 1. The topological polar surface area (TPSA) is 70.6 Å². The van der Waals surface area contributed by atoms with Gasteiger partial charge in [0.05, 0.1) is 23.2 Å². The molecule has 2 saturated heterocycles. The van der Waals surface area contributed by atoms with E-state index in [0.717, 1.165) is 30.7 Å². The van der Waals surface area contributed by atoms with E-state index in [-0.39, 0.29) is 35.4 Å². The van der Waals surface area contributed by atoms with Crippen molar-refractivity contribution in [3.63, 3.8) is 0 Å². The van der Waals surface area contributed by atoms with E-state index in [1.54, 1.807) is 0 Å². The zero-order valence-electron chi connectivity index (χ0n) is 14.6. The van der Waals surface area contributed by atoms with Gasteiger partial charge in [0.1, 0.15) is 0 Å². The first-order valence-electron chi connectivity index (χ1n) is 9.10. The monoisotopic (exact) mass is 363 g/mol. The van der Waals surface area contributed by atoms with Gasteiger partial charge < -0.3 is 4.90 Å². The van der Waals surface area contributed by atoms with Crippen LogP contribution in [-0.2, 0) is 21.2 Å². The maximum absolute atomic E-state index is 12.7. The lowest BCUT2D eigenvalue weighted by molar-refractivity contribution is -0.144. The van der Waals surface area contributed by atoms with Gasteiger partial charge in [-0.15, -0.1) is 0 Å². The standard InChI is InChI=1S/C18H25N3O3S/c1-13-4-2-7-15(19-13)10-20-8-9-21(18(22)14-5-3-6-14)17-12-25(23,24)11-16(17)20/h2,4,7,14,16-17H,3,5-6,8-12H2,1H3/t16-,17+/m0/s1. The molecule has 1 saturated carbocycles. The summed E-state index contributed by atoms with van der Waals surface area (Å²) in [4.78, 5) is 21.4. The van der Waals surface area contributed by atoms with E-state index in [4.69, 9.17) is 0 Å². The van der Waals surface area contributed by atoms with Crippen LogP contribution in [0.25, 0.3) is 0 Å². The van der Waals surface area contributed by atoms with Crippen LogP contribution >= 0.6 is 0 Å². The summed E-state index contributed by atoms with van der Waals surface area (Å²) < 4.78 is 24.6. The van der Waals surface area contributed by atoms with Crippen LogP contribution in [0.2, 0.25) is 0 Å². The average Bonchev–Trinajstić information content (AvgIpc) is 2.81. The molecule has 6 nitrogen and oxygen atoms in total. The van der Waals surface area contributed by atoms with Gasteiger partial charge in [0, 0.05) is 37.3 Å². The second-order valence-electron chi connectivity index (χ2n) is 7.61. The van der Waals surface area contributed by atoms with Gasteiger partial charge in [-0.3, -0.25) is 14.7 Å². The fourth-order valence-electron chi connectivity index (χ4n) is 4.28. The normalized spacial score (nSPS) is 29.2. The van der Waals surface area contributed by atoms with Crippen LogP contribution in [0.3, 0.4) is 0 Å². The predicted molar refractivity (Wildman–Crippen MR) is 94.7 cm³/mol. The molecule has 3 aliphatic rings. The Kier molecular flexibility index (Phi) is 4.32. The maximum atomic E-state index is 12.7. The molecule has 3 heterocycles. The molecule has 1 amide bonds. The van der Waals surface area contributed by atoms with Gasteiger partial charge in [-0.25, -0.2) is 8.42 Å². The molecule has 0 unspecified atom stereocenters. The fourth-order valence-corrected chi connectivity index (χ4v) is 6.29. The lowest BCUT2D eigenvalue weighted by Gasteiger charge is -2.45. The zero-order valence-corrected chi connectivity index (χ0v) is 15.4. The number of amides is 1. The molecule has 0 bridgehead atoms. The van der Waals surface area contributed by atoms with Gasteiger partial charge in [-0.05, 0) is 31.9 Å². The summed E-state index contributed by atoms with van der Waals surface area (Å²) >= 11 is 0. The van der Waals surface area contributed by atoms with E-state index in [1.165, 1.54) is 0 Å². The van der Waals surface area contributed by atoms with E-state index < -0.39 is 9.84 Å². The number of aromatic nitrogens is 1. The van der Waals surface area contributed by atoms with Gasteiger partial charge in [0.25, 0.3) is 0 Å². The number of carbonyl (C=O) groups excluding carboxylic acids is 1. The highest BCUT2D eigenvalue weighted by Crippen LogP contribution is 2.33. The summed E-state index contributed by atoms with van der Waals surface area (Å²) in [5.41, 5.74) is 1.92.